The molecule has 1 rings (SSSR count). The second-order valence-electron chi connectivity index (χ2n) is 6.38. The molecule has 0 saturated carbocycles. The number of aromatic nitrogens is 2. The normalized spacial score (nSPS) is 15.8. The van der Waals surface area contributed by atoms with Gasteiger partial charge in [-0.25, -0.2) is 0 Å². The van der Waals surface area contributed by atoms with Crippen LogP contribution in [0.4, 0.5) is 0 Å². The van der Waals surface area contributed by atoms with Crippen molar-refractivity contribution in [1.29, 1.82) is 0 Å². The zero-order chi connectivity index (χ0) is 14.1. The van der Waals surface area contributed by atoms with Crippen molar-refractivity contribution in [2.45, 2.75) is 74.0 Å². The van der Waals surface area contributed by atoms with Gasteiger partial charge in [0.15, 0.2) is 0 Å². The predicted octanol–water partition coefficient (Wildman–Crippen LogP) is 3.61. The second kappa shape index (κ2) is 5.43. The van der Waals surface area contributed by atoms with Crippen molar-refractivity contribution in [3.05, 3.63) is 17.0 Å². The number of nitrogens with one attached hydrogen (secondary N) is 1. The van der Waals surface area contributed by atoms with Crippen LogP contribution in [0.25, 0.3) is 0 Å². The van der Waals surface area contributed by atoms with Gasteiger partial charge in [0.25, 0.3) is 0 Å². The molecule has 1 aromatic rings. The highest BCUT2D eigenvalue weighted by Gasteiger charge is 2.24. The highest BCUT2D eigenvalue weighted by atomic mass is 15.3. The lowest BCUT2D eigenvalue weighted by Crippen LogP contribution is -2.39. The first-order valence-corrected chi connectivity index (χ1v) is 6.98. The largest absolute Gasteiger partial charge is 0.307 e. The molecule has 0 aromatic carbocycles. The van der Waals surface area contributed by atoms with Gasteiger partial charge in [0.2, 0.25) is 0 Å². The molecule has 104 valence electrons. The number of nitrogens with zero attached hydrogens (tertiary/aromatic N) is 2. The lowest BCUT2D eigenvalue weighted by atomic mass is 9.87. The van der Waals surface area contributed by atoms with Crippen LogP contribution in [0, 0.1) is 19.3 Å². The Morgan fingerprint density at radius 3 is 2.17 bits per heavy atom. The Bertz CT molecular complexity index is 399. The smallest absolute Gasteiger partial charge is 0.0644 e. The Balaban J connectivity index is 2.91. The summed E-state index contributed by atoms with van der Waals surface area (Å²) in [4.78, 5) is 0. The minimum atomic E-state index is 0.275. The summed E-state index contributed by atoms with van der Waals surface area (Å²) >= 11 is 0. The Kier molecular flexibility index (Phi) is 4.60. The van der Waals surface area contributed by atoms with Crippen LogP contribution >= 0.6 is 0 Å². The topological polar surface area (TPSA) is 29.9 Å². The van der Waals surface area contributed by atoms with Gasteiger partial charge in [-0.05, 0) is 40.0 Å². The molecule has 0 radical (unpaired) electrons. The molecule has 0 aliphatic carbocycles. The summed E-state index contributed by atoms with van der Waals surface area (Å²) in [6.07, 6.45) is 0. The Morgan fingerprint density at radius 2 is 1.78 bits per heavy atom. The van der Waals surface area contributed by atoms with E-state index in [0.717, 1.165) is 12.2 Å². The monoisotopic (exact) mass is 251 g/mol. The summed E-state index contributed by atoms with van der Waals surface area (Å²) in [5.41, 5.74) is 4.07. The highest BCUT2D eigenvalue weighted by molar-refractivity contribution is 5.28. The molecule has 0 aliphatic heterocycles. The third-order valence-corrected chi connectivity index (χ3v) is 3.97. The maximum absolute atomic E-state index is 4.60. The van der Waals surface area contributed by atoms with Gasteiger partial charge in [-0.3, -0.25) is 4.68 Å². The first kappa shape index (κ1) is 15.2. The molecule has 0 amide bonds. The first-order chi connectivity index (χ1) is 8.18. The van der Waals surface area contributed by atoms with Crippen molar-refractivity contribution in [1.82, 2.24) is 15.1 Å². The van der Waals surface area contributed by atoms with Crippen LogP contribution < -0.4 is 5.32 Å². The molecular weight excluding hydrogens is 222 g/mol. The summed E-state index contributed by atoms with van der Waals surface area (Å²) in [7, 11) is 0. The van der Waals surface area contributed by atoms with Gasteiger partial charge < -0.3 is 5.32 Å². The average molecular weight is 251 g/mol. The molecule has 3 nitrogen and oxygen atoms in total. The molecule has 1 aromatic heterocycles. The van der Waals surface area contributed by atoms with Crippen LogP contribution in [0.2, 0.25) is 0 Å². The fourth-order valence-corrected chi connectivity index (χ4v) is 2.35. The fraction of sp³-hybridized carbons (Fsp3) is 0.800. The number of hydrogen-bond donors (Lipinski definition) is 1. The van der Waals surface area contributed by atoms with Gasteiger partial charge in [0.05, 0.1) is 5.69 Å². The maximum Gasteiger partial charge on any atom is 0.0644 e. The van der Waals surface area contributed by atoms with Crippen molar-refractivity contribution in [2.75, 3.05) is 0 Å². The Morgan fingerprint density at radius 1 is 1.22 bits per heavy atom. The van der Waals surface area contributed by atoms with Crippen LogP contribution in [0.5, 0.6) is 0 Å². The highest BCUT2D eigenvalue weighted by Crippen LogP contribution is 2.25. The Hall–Kier alpha value is -0.830. The van der Waals surface area contributed by atoms with E-state index in [-0.39, 0.29) is 5.41 Å². The summed E-state index contributed by atoms with van der Waals surface area (Å²) < 4.78 is 2.09. The zero-order valence-corrected chi connectivity index (χ0v) is 13.3. The Labute approximate surface area is 112 Å². The van der Waals surface area contributed by atoms with Crippen LogP contribution in [-0.4, -0.2) is 15.8 Å². The van der Waals surface area contributed by atoms with Crippen molar-refractivity contribution in [3.63, 3.8) is 0 Å². The summed E-state index contributed by atoms with van der Waals surface area (Å²) in [6, 6.07) is 0.816. The zero-order valence-electron chi connectivity index (χ0n) is 13.3. The van der Waals surface area contributed by atoms with Crippen molar-refractivity contribution < 1.29 is 0 Å². The second-order valence-corrected chi connectivity index (χ2v) is 6.38. The third kappa shape index (κ3) is 3.14. The van der Waals surface area contributed by atoms with Crippen LogP contribution in [0.1, 0.15) is 64.5 Å². The lowest BCUT2D eigenvalue weighted by molar-refractivity contribution is 0.267. The van der Waals surface area contributed by atoms with Gasteiger partial charge in [-0.2, -0.15) is 5.10 Å². The van der Waals surface area contributed by atoms with Crippen LogP contribution in [0.3, 0.4) is 0 Å². The SMILES string of the molecule is CCn1nc(C)c(C(C)NC(C)C(C)(C)C)c1C. The van der Waals surface area contributed by atoms with Gasteiger partial charge >= 0.3 is 0 Å². The van der Waals surface area contributed by atoms with E-state index in [9.17, 15) is 0 Å². The number of hydrogen-bond acceptors (Lipinski definition) is 2. The van der Waals surface area contributed by atoms with Crippen LogP contribution in [-0.2, 0) is 6.54 Å². The van der Waals surface area contributed by atoms with Crippen molar-refractivity contribution >= 4 is 0 Å². The molecule has 1 heterocycles. The molecule has 2 atom stereocenters. The van der Waals surface area contributed by atoms with E-state index in [4.69, 9.17) is 0 Å². The quantitative estimate of drug-likeness (QED) is 0.886. The van der Waals surface area contributed by atoms with Gasteiger partial charge in [-0.1, -0.05) is 20.8 Å². The summed E-state index contributed by atoms with van der Waals surface area (Å²) in [6.45, 7) is 18.6. The molecule has 1 N–H and O–H groups in total. The van der Waals surface area contributed by atoms with E-state index in [1.165, 1.54) is 11.3 Å². The lowest BCUT2D eigenvalue weighted by Gasteiger charge is -2.31. The first-order valence-electron chi connectivity index (χ1n) is 6.98. The maximum atomic E-state index is 4.60. The molecule has 0 fully saturated rings. The molecule has 3 heteroatoms. The van der Waals surface area contributed by atoms with E-state index in [1.54, 1.807) is 0 Å². The van der Waals surface area contributed by atoms with Gasteiger partial charge in [0.1, 0.15) is 0 Å². The number of aryl methyl sites for hydroxylation is 2. The van der Waals surface area contributed by atoms with E-state index >= 15 is 0 Å². The molecule has 2 unspecified atom stereocenters. The summed E-state index contributed by atoms with van der Waals surface area (Å²) in [5.74, 6) is 0. The predicted molar refractivity (Wildman–Crippen MR) is 77.8 cm³/mol. The minimum Gasteiger partial charge on any atom is -0.307 e. The molecule has 0 bridgehead atoms. The van der Waals surface area contributed by atoms with Gasteiger partial charge in [0, 0.05) is 29.9 Å². The molecule has 18 heavy (non-hydrogen) atoms. The van der Waals surface area contributed by atoms with Crippen molar-refractivity contribution in [3.8, 4) is 0 Å². The molecular formula is C15H29N3. The average Bonchev–Trinajstić information content (AvgIpc) is 2.52. The third-order valence-electron chi connectivity index (χ3n) is 3.97. The van der Waals surface area contributed by atoms with Crippen LogP contribution in [0.15, 0.2) is 0 Å². The number of rotatable bonds is 4. The van der Waals surface area contributed by atoms with E-state index in [1.807, 2.05) is 0 Å². The van der Waals surface area contributed by atoms with E-state index in [2.05, 4.69) is 70.5 Å². The van der Waals surface area contributed by atoms with Crippen molar-refractivity contribution in [2.24, 2.45) is 5.41 Å². The molecule has 0 aliphatic rings. The fourth-order valence-electron chi connectivity index (χ4n) is 2.35. The standard InChI is InChI=1S/C15H29N3/c1-9-18-12(4)14(11(3)17-18)10(2)16-13(5)15(6,7)8/h10,13,16H,9H2,1-8H3. The van der Waals surface area contributed by atoms with Gasteiger partial charge in [-0.15, -0.1) is 0 Å². The minimum absolute atomic E-state index is 0.275. The summed E-state index contributed by atoms with van der Waals surface area (Å²) in [5, 5.41) is 8.30. The van der Waals surface area contributed by atoms with E-state index < -0.39 is 0 Å². The molecule has 0 saturated heterocycles. The van der Waals surface area contributed by atoms with E-state index in [0.29, 0.717) is 12.1 Å². The molecule has 0 spiro atoms.